The lowest BCUT2D eigenvalue weighted by Crippen LogP contribution is -2.56. The molecule has 7 heteroatoms. The average Bonchev–Trinajstić information content (AvgIpc) is 2.68. The summed E-state index contributed by atoms with van der Waals surface area (Å²) in [6.07, 6.45) is 0.481. The van der Waals surface area contributed by atoms with Crippen LogP contribution < -0.4 is 5.32 Å². The number of carbonyl (C=O) groups is 3. The van der Waals surface area contributed by atoms with Crippen LogP contribution >= 0.6 is 0 Å². The Morgan fingerprint density at radius 1 is 1.19 bits per heavy atom. The highest BCUT2D eigenvalue weighted by Crippen LogP contribution is 2.34. The van der Waals surface area contributed by atoms with Crippen LogP contribution in [0.4, 0.5) is 0 Å². The summed E-state index contributed by atoms with van der Waals surface area (Å²) >= 11 is 0. The summed E-state index contributed by atoms with van der Waals surface area (Å²) in [6.45, 7) is 2.85. The van der Waals surface area contributed by atoms with Crippen molar-refractivity contribution in [1.82, 2.24) is 15.1 Å². The SMILES string of the molecule is CN(C)C(=O)C1(C)CCN(C(=O)[C@H]2OCC(=O)N[C@@H]2c2ccccc2)CC1. The smallest absolute Gasteiger partial charge is 0.254 e. The molecule has 7 nitrogen and oxygen atoms in total. The number of morpholine rings is 1. The molecule has 0 radical (unpaired) electrons. The second-order valence-electron chi connectivity index (χ2n) is 7.77. The van der Waals surface area contributed by atoms with Crippen LogP contribution in [0.15, 0.2) is 30.3 Å². The molecule has 2 aliphatic heterocycles. The van der Waals surface area contributed by atoms with Gasteiger partial charge < -0.3 is 19.9 Å². The molecule has 2 atom stereocenters. The average molecular weight is 373 g/mol. The quantitative estimate of drug-likeness (QED) is 0.856. The van der Waals surface area contributed by atoms with Crippen LogP contribution in [0.1, 0.15) is 31.4 Å². The Bertz CT molecular complexity index is 711. The maximum absolute atomic E-state index is 13.1. The van der Waals surface area contributed by atoms with Gasteiger partial charge in [-0.05, 0) is 18.4 Å². The van der Waals surface area contributed by atoms with E-state index in [1.165, 1.54) is 0 Å². The highest BCUT2D eigenvalue weighted by molar-refractivity contribution is 5.87. The van der Waals surface area contributed by atoms with Gasteiger partial charge in [0.15, 0.2) is 6.10 Å². The molecule has 3 rings (SSSR count). The van der Waals surface area contributed by atoms with Crippen molar-refractivity contribution in [1.29, 1.82) is 0 Å². The van der Waals surface area contributed by atoms with E-state index in [0.717, 1.165) is 5.56 Å². The van der Waals surface area contributed by atoms with E-state index in [4.69, 9.17) is 4.74 Å². The van der Waals surface area contributed by atoms with Crippen LogP contribution in [-0.2, 0) is 19.1 Å². The minimum Gasteiger partial charge on any atom is -0.356 e. The number of carbonyl (C=O) groups excluding carboxylic acids is 3. The molecule has 2 heterocycles. The second-order valence-corrected chi connectivity index (χ2v) is 7.77. The Kier molecular flexibility index (Phi) is 5.51. The Labute approximate surface area is 159 Å². The molecule has 0 saturated carbocycles. The van der Waals surface area contributed by atoms with Crippen molar-refractivity contribution in [2.24, 2.45) is 5.41 Å². The summed E-state index contributed by atoms with van der Waals surface area (Å²) in [5.74, 6) is -0.267. The number of ether oxygens (including phenoxy) is 1. The first-order chi connectivity index (χ1) is 12.8. The molecule has 1 aromatic carbocycles. The molecule has 2 aliphatic rings. The fourth-order valence-electron chi connectivity index (χ4n) is 3.84. The number of hydrogen-bond donors (Lipinski definition) is 1. The van der Waals surface area contributed by atoms with E-state index in [0.29, 0.717) is 25.9 Å². The van der Waals surface area contributed by atoms with Gasteiger partial charge in [-0.1, -0.05) is 37.3 Å². The van der Waals surface area contributed by atoms with Gasteiger partial charge in [-0.3, -0.25) is 14.4 Å². The topological polar surface area (TPSA) is 79.0 Å². The van der Waals surface area contributed by atoms with Crippen LogP contribution in [0.5, 0.6) is 0 Å². The molecular formula is C20H27N3O4. The first-order valence-corrected chi connectivity index (χ1v) is 9.28. The van der Waals surface area contributed by atoms with E-state index in [1.54, 1.807) is 23.9 Å². The van der Waals surface area contributed by atoms with Crippen molar-refractivity contribution in [3.63, 3.8) is 0 Å². The first kappa shape index (κ1) is 19.4. The Morgan fingerprint density at radius 3 is 2.41 bits per heavy atom. The summed E-state index contributed by atoms with van der Waals surface area (Å²) in [5.41, 5.74) is 0.398. The molecule has 2 saturated heterocycles. The number of amides is 3. The molecule has 3 amide bonds. The van der Waals surface area contributed by atoms with Crippen LogP contribution in [0, 0.1) is 5.41 Å². The van der Waals surface area contributed by atoms with Gasteiger partial charge in [0.2, 0.25) is 11.8 Å². The summed E-state index contributed by atoms with van der Waals surface area (Å²) in [6, 6.07) is 8.88. The molecule has 0 unspecified atom stereocenters. The van der Waals surface area contributed by atoms with Gasteiger partial charge in [-0.25, -0.2) is 0 Å². The molecule has 1 N–H and O–H groups in total. The second kappa shape index (κ2) is 7.68. The lowest BCUT2D eigenvalue weighted by atomic mass is 9.79. The molecule has 0 aromatic heterocycles. The maximum atomic E-state index is 13.1. The number of rotatable bonds is 3. The lowest BCUT2D eigenvalue weighted by molar-refractivity contribution is -0.159. The number of nitrogens with one attached hydrogen (secondary N) is 1. The zero-order valence-corrected chi connectivity index (χ0v) is 16.1. The third-order valence-corrected chi connectivity index (χ3v) is 5.52. The normalized spacial score (nSPS) is 24.9. The van der Waals surface area contributed by atoms with Gasteiger partial charge in [0, 0.05) is 32.6 Å². The number of nitrogens with zero attached hydrogens (tertiary/aromatic N) is 2. The van der Waals surface area contributed by atoms with Crippen molar-refractivity contribution in [3.05, 3.63) is 35.9 Å². The summed E-state index contributed by atoms with van der Waals surface area (Å²) < 4.78 is 5.63. The van der Waals surface area contributed by atoms with Crippen LogP contribution in [0.3, 0.4) is 0 Å². The zero-order chi connectivity index (χ0) is 19.6. The molecule has 0 aliphatic carbocycles. The number of hydrogen-bond acceptors (Lipinski definition) is 4. The van der Waals surface area contributed by atoms with Gasteiger partial charge in [-0.15, -0.1) is 0 Å². The summed E-state index contributed by atoms with van der Waals surface area (Å²) in [5, 5.41) is 2.88. The number of benzene rings is 1. The fraction of sp³-hybridized carbons (Fsp3) is 0.550. The number of likely N-dealkylation sites (tertiary alicyclic amines) is 1. The molecule has 1 aromatic rings. The zero-order valence-electron chi connectivity index (χ0n) is 16.1. The Morgan fingerprint density at radius 2 is 1.81 bits per heavy atom. The van der Waals surface area contributed by atoms with Gasteiger partial charge in [0.1, 0.15) is 6.61 Å². The summed E-state index contributed by atoms with van der Waals surface area (Å²) in [7, 11) is 3.52. The maximum Gasteiger partial charge on any atom is 0.254 e. The van der Waals surface area contributed by atoms with E-state index < -0.39 is 17.6 Å². The minimum absolute atomic E-state index is 0.0953. The van der Waals surface area contributed by atoms with E-state index in [2.05, 4.69) is 5.32 Å². The predicted octanol–water partition coefficient (Wildman–Crippen LogP) is 0.960. The molecule has 146 valence electrons. The van der Waals surface area contributed by atoms with Crippen molar-refractivity contribution >= 4 is 17.7 Å². The largest absolute Gasteiger partial charge is 0.356 e. The van der Waals surface area contributed by atoms with E-state index in [-0.39, 0.29) is 24.3 Å². The Hall–Kier alpha value is -2.41. The molecule has 27 heavy (non-hydrogen) atoms. The van der Waals surface area contributed by atoms with Gasteiger partial charge >= 0.3 is 0 Å². The predicted molar refractivity (Wildman–Crippen MR) is 99.7 cm³/mol. The standard InChI is InChI=1S/C20H27N3O4/c1-20(19(26)22(2)3)9-11-23(12-10-20)18(25)17-16(21-15(24)13-27-17)14-7-5-4-6-8-14/h4-8,16-17H,9-13H2,1-3H3,(H,21,24)/t16-,17+/m1/s1. The third kappa shape index (κ3) is 3.98. The summed E-state index contributed by atoms with van der Waals surface area (Å²) in [4.78, 5) is 40.7. The van der Waals surface area contributed by atoms with Gasteiger partial charge in [0.25, 0.3) is 5.91 Å². The molecule has 0 spiro atoms. The molecule has 0 bridgehead atoms. The van der Waals surface area contributed by atoms with Crippen molar-refractivity contribution in [2.75, 3.05) is 33.8 Å². The van der Waals surface area contributed by atoms with E-state index in [1.807, 2.05) is 37.3 Å². The lowest BCUT2D eigenvalue weighted by Gasteiger charge is -2.42. The number of piperidine rings is 1. The Balaban J connectivity index is 1.71. The van der Waals surface area contributed by atoms with Gasteiger partial charge in [0.05, 0.1) is 6.04 Å². The highest BCUT2D eigenvalue weighted by atomic mass is 16.5. The first-order valence-electron chi connectivity index (χ1n) is 9.28. The minimum atomic E-state index is -0.751. The van der Waals surface area contributed by atoms with Crippen LogP contribution in [0.2, 0.25) is 0 Å². The molecule has 2 fully saturated rings. The molecular weight excluding hydrogens is 346 g/mol. The van der Waals surface area contributed by atoms with E-state index >= 15 is 0 Å². The fourth-order valence-corrected chi connectivity index (χ4v) is 3.84. The van der Waals surface area contributed by atoms with Gasteiger partial charge in [-0.2, -0.15) is 0 Å². The van der Waals surface area contributed by atoms with Crippen LogP contribution in [-0.4, -0.2) is 67.4 Å². The van der Waals surface area contributed by atoms with Crippen molar-refractivity contribution in [2.45, 2.75) is 31.9 Å². The van der Waals surface area contributed by atoms with Crippen LogP contribution in [0.25, 0.3) is 0 Å². The van der Waals surface area contributed by atoms with Crippen molar-refractivity contribution < 1.29 is 19.1 Å². The van der Waals surface area contributed by atoms with E-state index in [9.17, 15) is 14.4 Å². The monoisotopic (exact) mass is 373 g/mol. The van der Waals surface area contributed by atoms with Crippen molar-refractivity contribution in [3.8, 4) is 0 Å². The highest BCUT2D eigenvalue weighted by Gasteiger charge is 2.43. The third-order valence-electron chi connectivity index (χ3n) is 5.52.